The number of aromatic nitrogens is 3. The maximum absolute atomic E-state index is 13.9. The van der Waals surface area contributed by atoms with Gasteiger partial charge in [-0.15, -0.1) is 0 Å². The molecule has 1 aromatic carbocycles. The van der Waals surface area contributed by atoms with Gasteiger partial charge in [-0.3, -0.25) is 10.00 Å². The monoisotopic (exact) mass is 316 g/mol. The highest BCUT2D eigenvalue weighted by Crippen LogP contribution is 2.27. The van der Waals surface area contributed by atoms with Crippen molar-refractivity contribution >= 4 is 0 Å². The minimum absolute atomic E-state index is 0.220. The lowest BCUT2D eigenvalue weighted by Gasteiger charge is -2.15. The maximum Gasteiger partial charge on any atom is 0.165 e. The summed E-state index contributed by atoms with van der Waals surface area (Å²) in [7, 11) is 3.42. The Labute approximate surface area is 132 Å². The minimum Gasteiger partial charge on any atom is -0.494 e. The summed E-state index contributed by atoms with van der Waals surface area (Å²) in [6.45, 7) is 1.30. The number of aromatic amines is 1. The number of hydrogen-bond donors (Lipinski definition) is 1. The van der Waals surface area contributed by atoms with E-state index in [2.05, 4.69) is 20.3 Å². The molecular formula is C16H17FN4O2. The predicted octanol–water partition coefficient (Wildman–Crippen LogP) is 2.84. The number of rotatable bonds is 6. The average Bonchev–Trinajstić information content (AvgIpc) is 3.19. The van der Waals surface area contributed by atoms with Crippen molar-refractivity contribution in [2.24, 2.45) is 0 Å². The second-order valence-corrected chi connectivity index (χ2v) is 5.28. The third-order valence-electron chi connectivity index (χ3n) is 3.52. The van der Waals surface area contributed by atoms with Gasteiger partial charge in [0.05, 0.1) is 24.7 Å². The van der Waals surface area contributed by atoms with E-state index in [1.165, 1.54) is 13.2 Å². The molecule has 0 unspecified atom stereocenters. The Balaban J connectivity index is 1.78. The van der Waals surface area contributed by atoms with Gasteiger partial charge in [-0.25, -0.2) is 4.39 Å². The van der Waals surface area contributed by atoms with Crippen LogP contribution in [-0.4, -0.2) is 34.4 Å². The van der Waals surface area contributed by atoms with Crippen LogP contribution in [-0.2, 0) is 13.1 Å². The number of H-pyrrole nitrogens is 1. The van der Waals surface area contributed by atoms with Crippen molar-refractivity contribution in [3.05, 3.63) is 53.8 Å². The second-order valence-electron chi connectivity index (χ2n) is 5.28. The van der Waals surface area contributed by atoms with Gasteiger partial charge in [0.2, 0.25) is 0 Å². The molecule has 0 radical (unpaired) electrons. The van der Waals surface area contributed by atoms with Crippen molar-refractivity contribution in [2.75, 3.05) is 14.2 Å². The number of halogens is 1. The molecule has 23 heavy (non-hydrogen) atoms. The van der Waals surface area contributed by atoms with Gasteiger partial charge in [-0.05, 0) is 25.2 Å². The molecule has 2 aromatic heterocycles. The number of nitrogens with one attached hydrogen (secondary N) is 1. The lowest BCUT2D eigenvalue weighted by Crippen LogP contribution is -2.17. The van der Waals surface area contributed by atoms with E-state index in [1.54, 1.807) is 24.6 Å². The topological polar surface area (TPSA) is 67.2 Å². The van der Waals surface area contributed by atoms with Crippen molar-refractivity contribution in [2.45, 2.75) is 13.1 Å². The average molecular weight is 316 g/mol. The van der Waals surface area contributed by atoms with Crippen LogP contribution >= 0.6 is 0 Å². The molecule has 0 aliphatic carbocycles. The summed E-state index contributed by atoms with van der Waals surface area (Å²) >= 11 is 0. The first-order chi connectivity index (χ1) is 11.2. The van der Waals surface area contributed by atoms with Gasteiger partial charge in [-0.1, -0.05) is 5.16 Å². The van der Waals surface area contributed by atoms with Gasteiger partial charge >= 0.3 is 0 Å². The summed E-state index contributed by atoms with van der Waals surface area (Å²) in [6, 6.07) is 6.67. The first-order valence-electron chi connectivity index (χ1n) is 7.11. The van der Waals surface area contributed by atoms with Gasteiger partial charge in [-0.2, -0.15) is 5.10 Å². The van der Waals surface area contributed by atoms with Gasteiger partial charge < -0.3 is 9.26 Å². The number of hydrogen-bond acceptors (Lipinski definition) is 5. The van der Waals surface area contributed by atoms with E-state index in [1.807, 2.05) is 13.1 Å². The standard InChI is InChI=1S/C16H17FN4O2/c1-21(10-13-5-6-23-20-13)9-12-8-18-19-16(12)11-3-4-15(22-2)14(17)7-11/h3-8H,9-10H2,1-2H3,(H,18,19). The molecule has 120 valence electrons. The molecule has 0 aliphatic heterocycles. The van der Waals surface area contributed by atoms with Gasteiger partial charge in [0, 0.05) is 30.3 Å². The van der Waals surface area contributed by atoms with E-state index in [-0.39, 0.29) is 5.75 Å². The van der Waals surface area contributed by atoms with Crippen LogP contribution in [0.2, 0.25) is 0 Å². The predicted molar refractivity (Wildman–Crippen MR) is 82.2 cm³/mol. The lowest BCUT2D eigenvalue weighted by molar-refractivity contribution is 0.304. The van der Waals surface area contributed by atoms with Crippen LogP contribution in [0.5, 0.6) is 5.75 Å². The van der Waals surface area contributed by atoms with E-state index >= 15 is 0 Å². The first-order valence-corrected chi connectivity index (χ1v) is 7.11. The molecule has 0 aliphatic rings. The Bertz CT molecular complexity index is 770. The fraction of sp³-hybridized carbons (Fsp3) is 0.250. The fourth-order valence-corrected chi connectivity index (χ4v) is 2.45. The summed E-state index contributed by atoms with van der Waals surface area (Å²) in [5.74, 6) is -0.181. The summed E-state index contributed by atoms with van der Waals surface area (Å²) in [6.07, 6.45) is 3.29. The molecule has 6 nitrogen and oxygen atoms in total. The normalized spacial score (nSPS) is 11.1. The van der Waals surface area contributed by atoms with Crippen molar-refractivity contribution in [3.63, 3.8) is 0 Å². The zero-order valence-corrected chi connectivity index (χ0v) is 12.9. The van der Waals surface area contributed by atoms with E-state index in [9.17, 15) is 4.39 Å². The fourth-order valence-electron chi connectivity index (χ4n) is 2.45. The third-order valence-corrected chi connectivity index (χ3v) is 3.52. The second kappa shape index (κ2) is 6.62. The van der Waals surface area contributed by atoms with Gasteiger partial charge in [0.15, 0.2) is 11.6 Å². The van der Waals surface area contributed by atoms with Crippen LogP contribution in [0.3, 0.4) is 0 Å². The summed E-state index contributed by atoms with van der Waals surface area (Å²) in [5, 5.41) is 10.9. The van der Waals surface area contributed by atoms with Crippen molar-refractivity contribution in [1.82, 2.24) is 20.3 Å². The van der Waals surface area contributed by atoms with E-state index in [0.29, 0.717) is 13.1 Å². The molecule has 0 saturated heterocycles. The number of benzene rings is 1. The Kier molecular flexibility index (Phi) is 4.38. The highest BCUT2D eigenvalue weighted by atomic mass is 19.1. The quantitative estimate of drug-likeness (QED) is 0.757. The zero-order valence-electron chi connectivity index (χ0n) is 12.9. The van der Waals surface area contributed by atoms with Gasteiger partial charge in [0.25, 0.3) is 0 Å². The van der Waals surface area contributed by atoms with Crippen LogP contribution in [0.4, 0.5) is 4.39 Å². The van der Waals surface area contributed by atoms with Crippen LogP contribution in [0.25, 0.3) is 11.3 Å². The Hall–Kier alpha value is -2.67. The van der Waals surface area contributed by atoms with E-state index in [0.717, 1.165) is 22.5 Å². The van der Waals surface area contributed by atoms with E-state index in [4.69, 9.17) is 9.26 Å². The van der Waals surface area contributed by atoms with Crippen LogP contribution in [0, 0.1) is 5.82 Å². The smallest absolute Gasteiger partial charge is 0.165 e. The molecule has 1 N–H and O–H groups in total. The third kappa shape index (κ3) is 3.40. The Morgan fingerprint density at radius 3 is 2.87 bits per heavy atom. The number of ether oxygens (including phenoxy) is 1. The number of nitrogens with zero attached hydrogens (tertiary/aromatic N) is 3. The molecule has 7 heteroatoms. The largest absolute Gasteiger partial charge is 0.494 e. The maximum atomic E-state index is 13.9. The van der Waals surface area contributed by atoms with Crippen LogP contribution in [0.15, 0.2) is 41.2 Å². The molecule has 0 atom stereocenters. The van der Waals surface area contributed by atoms with Crippen molar-refractivity contribution in [3.8, 4) is 17.0 Å². The molecule has 3 rings (SSSR count). The Morgan fingerprint density at radius 2 is 2.17 bits per heavy atom. The number of methoxy groups -OCH3 is 1. The van der Waals surface area contributed by atoms with E-state index < -0.39 is 5.82 Å². The minimum atomic E-state index is -0.401. The highest BCUT2D eigenvalue weighted by molar-refractivity contribution is 5.63. The van der Waals surface area contributed by atoms with Crippen molar-refractivity contribution < 1.29 is 13.7 Å². The Morgan fingerprint density at radius 1 is 1.30 bits per heavy atom. The molecule has 0 spiro atoms. The molecule has 3 aromatic rings. The molecule has 0 amide bonds. The lowest BCUT2D eigenvalue weighted by atomic mass is 10.1. The summed E-state index contributed by atoms with van der Waals surface area (Å²) in [5.41, 5.74) is 3.35. The van der Waals surface area contributed by atoms with Crippen molar-refractivity contribution in [1.29, 1.82) is 0 Å². The van der Waals surface area contributed by atoms with Crippen LogP contribution < -0.4 is 4.74 Å². The zero-order chi connectivity index (χ0) is 16.2. The summed E-state index contributed by atoms with van der Waals surface area (Å²) < 4.78 is 23.7. The molecule has 0 saturated carbocycles. The molecular weight excluding hydrogens is 299 g/mol. The van der Waals surface area contributed by atoms with Gasteiger partial charge in [0.1, 0.15) is 6.26 Å². The summed E-state index contributed by atoms with van der Waals surface area (Å²) in [4.78, 5) is 2.08. The van der Waals surface area contributed by atoms with Crippen LogP contribution in [0.1, 0.15) is 11.3 Å². The molecule has 0 fully saturated rings. The molecule has 0 bridgehead atoms. The SMILES string of the molecule is COc1ccc(-c2[nH]ncc2CN(C)Cc2ccon2)cc1F. The molecule has 2 heterocycles. The first kappa shape index (κ1) is 15.2. The highest BCUT2D eigenvalue weighted by Gasteiger charge is 2.13.